The van der Waals surface area contributed by atoms with E-state index in [1.54, 1.807) is 0 Å². The van der Waals surface area contributed by atoms with E-state index < -0.39 is 8.07 Å². The molecule has 1 unspecified atom stereocenters. The van der Waals surface area contributed by atoms with E-state index in [1.165, 1.54) is 36.0 Å². The van der Waals surface area contributed by atoms with Crippen molar-refractivity contribution in [2.45, 2.75) is 65.7 Å². The first-order valence-corrected chi connectivity index (χ1v) is 11.0. The van der Waals surface area contributed by atoms with Crippen molar-refractivity contribution in [1.29, 1.82) is 0 Å². The van der Waals surface area contributed by atoms with Crippen molar-refractivity contribution < 1.29 is 4.42 Å². The van der Waals surface area contributed by atoms with Crippen LogP contribution in [0.5, 0.6) is 0 Å². The molecular weight excluding hydrogens is 236 g/mol. The van der Waals surface area contributed by atoms with E-state index in [2.05, 4.69) is 46.5 Å². The molecule has 1 aromatic rings. The van der Waals surface area contributed by atoms with Gasteiger partial charge in [0.25, 0.3) is 0 Å². The van der Waals surface area contributed by atoms with Crippen molar-refractivity contribution in [3.05, 3.63) is 23.2 Å². The monoisotopic (exact) mass is 264 g/mol. The van der Waals surface area contributed by atoms with Gasteiger partial charge in [0.05, 0.1) is 8.07 Å². The van der Waals surface area contributed by atoms with E-state index in [0.717, 1.165) is 12.3 Å². The third-order valence-corrected chi connectivity index (χ3v) is 5.47. The average Bonchev–Trinajstić information content (AvgIpc) is 2.53. The Kier molecular flexibility index (Phi) is 3.52. The van der Waals surface area contributed by atoms with Gasteiger partial charge in [0.1, 0.15) is 11.5 Å². The van der Waals surface area contributed by atoms with Crippen LogP contribution in [0.3, 0.4) is 0 Å². The maximum absolute atomic E-state index is 6.08. The van der Waals surface area contributed by atoms with Crippen LogP contribution in [0.25, 0.3) is 0 Å². The van der Waals surface area contributed by atoms with Crippen molar-refractivity contribution >= 4 is 8.07 Å². The molecule has 0 aromatic carbocycles. The second-order valence-corrected chi connectivity index (χ2v) is 13.7. The summed E-state index contributed by atoms with van der Waals surface area (Å²) < 4.78 is 6.08. The Balaban J connectivity index is 2.14. The van der Waals surface area contributed by atoms with Gasteiger partial charge in [-0.3, -0.25) is 0 Å². The molecule has 0 bridgehead atoms. The van der Waals surface area contributed by atoms with Gasteiger partial charge in [0, 0.05) is 12.5 Å². The number of hydrogen-bond donors (Lipinski definition) is 0. The molecule has 102 valence electrons. The van der Waals surface area contributed by atoms with E-state index in [-0.39, 0.29) is 0 Å². The lowest BCUT2D eigenvalue weighted by Crippen LogP contribution is -2.26. The second kappa shape index (κ2) is 4.55. The number of hydrogen-bond acceptors (Lipinski definition) is 1. The normalized spacial score (nSPS) is 20.9. The quantitative estimate of drug-likeness (QED) is 0.696. The van der Waals surface area contributed by atoms with Gasteiger partial charge in [0.2, 0.25) is 0 Å². The van der Waals surface area contributed by atoms with Gasteiger partial charge >= 0.3 is 0 Å². The van der Waals surface area contributed by atoms with Gasteiger partial charge in [-0.05, 0) is 35.8 Å². The van der Waals surface area contributed by atoms with Crippen molar-refractivity contribution in [2.24, 2.45) is 11.3 Å². The first-order valence-electron chi connectivity index (χ1n) is 7.25. The summed E-state index contributed by atoms with van der Waals surface area (Å²) >= 11 is 0. The Morgan fingerprint density at radius 3 is 2.50 bits per heavy atom. The fraction of sp³-hybridized carbons (Fsp3) is 0.750. The maximum atomic E-state index is 6.08. The Bertz CT molecular complexity index is 417. The van der Waals surface area contributed by atoms with Crippen LogP contribution in [-0.4, -0.2) is 8.07 Å². The number of aryl methyl sites for hydroxylation is 1. The van der Waals surface area contributed by atoms with Gasteiger partial charge in [-0.1, -0.05) is 40.4 Å². The molecule has 0 radical (unpaired) electrons. The minimum atomic E-state index is -1.06. The highest BCUT2D eigenvalue weighted by atomic mass is 28.3. The highest BCUT2D eigenvalue weighted by Crippen LogP contribution is 2.38. The maximum Gasteiger partial charge on any atom is 0.107 e. The standard InChI is InChI=1S/C16H28OSi/c1-16(2,3)13-7-8-15-12(9-13)10-14(17-15)11-18(4,5)6/h10,13H,7-9,11H2,1-6H3. The summed E-state index contributed by atoms with van der Waals surface area (Å²) in [5.74, 6) is 3.33. The molecular formula is C16H28OSi. The minimum Gasteiger partial charge on any atom is -0.466 e. The zero-order valence-electron chi connectivity index (χ0n) is 12.9. The lowest BCUT2D eigenvalue weighted by atomic mass is 9.72. The van der Waals surface area contributed by atoms with E-state index in [4.69, 9.17) is 4.42 Å². The molecule has 18 heavy (non-hydrogen) atoms. The Morgan fingerprint density at radius 1 is 1.28 bits per heavy atom. The largest absolute Gasteiger partial charge is 0.466 e. The van der Waals surface area contributed by atoms with Crippen LogP contribution in [0.15, 0.2) is 10.5 Å². The summed E-state index contributed by atoms with van der Waals surface area (Å²) in [6.07, 6.45) is 3.65. The van der Waals surface area contributed by atoms with Crippen LogP contribution in [-0.2, 0) is 18.9 Å². The van der Waals surface area contributed by atoms with E-state index in [9.17, 15) is 0 Å². The first kappa shape index (κ1) is 13.9. The summed E-state index contributed by atoms with van der Waals surface area (Å²) in [4.78, 5) is 0. The molecule has 2 rings (SSSR count). The molecule has 1 atom stereocenters. The highest BCUT2D eigenvalue weighted by Gasteiger charge is 2.31. The lowest BCUT2D eigenvalue weighted by Gasteiger charge is -2.33. The average molecular weight is 264 g/mol. The van der Waals surface area contributed by atoms with Gasteiger partial charge in [0.15, 0.2) is 0 Å². The van der Waals surface area contributed by atoms with Crippen LogP contribution in [0.4, 0.5) is 0 Å². The Hall–Kier alpha value is -0.503. The summed E-state index contributed by atoms with van der Waals surface area (Å²) in [7, 11) is -1.06. The summed E-state index contributed by atoms with van der Waals surface area (Å²) in [5.41, 5.74) is 1.92. The molecule has 0 N–H and O–H groups in total. The third kappa shape index (κ3) is 3.28. The van der Waals surface area contributed by atoms with Gasteiger partial charge < -0.3 is 4.42 Å². The Labute approximate surface area is 113 Å². The van der Waals surface area contributed by atoms with Gasteiger partial charge in [-0.25, -0.2) is 0 Å². The highest BCUT2D eigenvalue weighted by molar-refractivity contribution is 6.75. The van der Waals surface area contributed by atoms with Crippen molar-refractivity contribution in [1.82, 2.24) is 0 Å². The summed E-state index contributed by atoms with van der Waals surface area (Å²) in [6, 6.07) is 3.53. The fourth-order valence-electron chi connectivity index (χ4n) is 2.93. The molecule has 1 aliphatic carbocycles. The molecule has 0 saturated carbocycles. The molecule has 1 aromatic heterocycles. The number of fused-ring (bicyclic) bond motifs is 1. The molecule has 2 heteroatoms. The first-order chi connectivity index (χ1) is 8.15. The van der Waals surface area contributed by atoms with Crippen molar-refractivity contribution in [3.63, 3.8) is 0 Å². The topological polar surface area (TPSA) is 13.1 Å². The van der Waals surface area contributed by atoms with Crippen molar-refractivity contribution in [3.8, 4) is 0 Å². The minimum absolute atomic E-state index is 0.425. The van der Waals surface area contributed by atoms with Crippen LogP contribution < -0.4 is 0 Å². The summed E-state index contributed by atoms with van der Waals surface area (Å²) in [5, 5.41) is 0. The predicted molar refractivity (Wildman–Crippen MR) is 80.7 cm³/mol. The zero-order valence-corrected chi connectivity index (χ0v) is 13.9. The van der Waals surface area contributed by atoms with Gasteiger partial charge in [-0.2, -0.15) is 0 Å². The molecule has 0 saturated heterocycles. The number of furan rings is 1. The van der Waals surface area contributed by atoms with E-state index in [1.807, 2.05) is 0 Å². The number of rotatable bonds is 2. The molecule has 0 amide bonds. The SMILES string of the molecule is CC(C)(C)C1CCc2oc(C[Si](C)(C)C)cc2C1. The predicted octanol–water partition coefficient (Wildman–Crippen LogP) is 4.85. The molecule has 0 spiro atoms. The molecule has 1 heterocycles. The molecule has 0 aliphatic heterocycles. The Morgan fingerprint density at radius 2 is 1.94 bits per heavy atom. The van der Waals surface area contributed by atoms with E-state index in [0.29, 0.717) is 5.41 Å². The third-order valence-electron chi connectivity index (χ3n) is 4.06. The van der Waals surface area contributed by atoms with Crippen molar-refractivity contribution in [2.75, 3.05) is 0 Å². The molecule has 0 fully saturated rings. The fourth-order valence-corrected chi connectivity index (χ4v) is 4.15. The van der Waals surface area contributed by atoms with Crippen LogP contribution in [0.1, 0.15) is 44.3 Å². The lowest BCUT2D eigenvalue weighted by molar-refractivity contribution is 0.209. The zero-order chi connectivity index (χ0) is 13.6. The van der Waals surface area contributed by atoms with Crippen LogP contribution in [0, 0.1) is 11.3 Å². The van der Waals surface area contributed by atoms with E-state index >= 15 is 0 Å². The van der Waals surface area contributed by atoms with Crippen LogP contribution >= 0.6 is 0 Å². The van der Waals surface area contributed by atoms with Gasteiger partial charge in [-0.15, -0.1) is 0 Å². The smallest absolute Gasteiger partial charge is 0.107 e. The molecule has 1 aliphatic rings. The summed E-state index contributed by atoms with van der Waals surface area (Å²) in [6.45, 7) is 14.3. The second-order valence-electron chi connectivity index (χ2n) is 8.20. The molecule has 1 nitrogen and oxygen atoms in total. The van der Waals surface area contributed by atoms with Crippen LogP contribution in [0.2, 0.25) is 19.6 Å².